The highest BCUT2D eigenvalue weighted by Gasteiger charge is 2.16. The van der Waals surface area contributed by atoms with Gasteiger partial charge in [0.1, 0.15) is 0 Å². The first-order chi connectivity index (χ1) is 10.9. The molecule has 23 heavy (non-hydrogen) atoms. The Balaban J connectivity index is 2.82. The van der Waals surface area contributed by atoms with Gasteiger partial charge in [-0.15, -0.1) is 0 Å². The second-order valence-electron chi connectivity index (χ2n) is 6.92. The fraction of sp³-hybridized carbons (Fsp3) is 0.684. The van der Waals surface area contributed by atoms with Crippen LogP contribution in [0.2, 0.25) is 0 Å². The van der Waals surface area contributed by atoms with Gasteiger partial charge in [0.25, 0.3) is 0 Å². The first kappa shape index (κ1) is 19.8. The van der Waals surface area contributed by atoms with Gasteiger partial charge < -0.3 is 14.6 Å². The Hall–Kier alpha value is -1.26. The molecule has 1 aromatic carbocycles. The molecule has 0 saturated carbocycles. The molecule has 1 atom stereocenters. The fourth-order valence-electron chi connectivity index (χ4n) is 2.39. The van der Waals surface area contributed by atoms with E-state index in [0.29, 0.717) is 12.5 Å². The van der Waals surface area contributed by atoms with Crippen LogP contribution in [0.25, 0.3) is 0 Å². The van der Waals surface area contributed by atoms with E-state index in [1.807, 2.05) is 12.1 Å². The van der Waals surface area contributed by atoms with Crippen LogP contribution in [0.15, 0.2) is 18.2 Å². The smallest absolute Gasteiger partial charge is 0.161 e. The topological polar surface area (TPSA) is 41.9 Å². The summed E-state index contributed by atoms with van der Waals surface area (Å²) in [6, 6.07) is 6.02. The molecule has 0 saturated heterocycles. The van der Waals surface area contributed by atoms with Crippen molar-refractivity contribution in [1.29, 1.82) is 0 Å². The minimum absolute atomic E-state index is 0.266. The van der Waals surface area contributed by atoms with Gasteiger partial charge in [0.15, 0.2) is 11.5 Å². The number of aliphatic hydroxyl groups excluding tert-OH is 1. The third-order valence-electron chi connectivity index (χ3n) is 4.09. The molecule has 4 nitrogen and oxygen atoms in total. The van der Waals surface area contributed by atoms with Crippen LogP contribution in [0.4, 0.5) is 0 Å². The van der Waals surface area contributed by atoms with Crippen LogP contribution in [0.5, 0.6) is 11.5 Å². The third-order valence-corrected chi connectivity index (χ3v) is 4.09. The second-order valence-corrected chi connectivity index (χ2v) is 6.92. The Morgan fingerprint density at radius 1 is 1.04 bits per heavy atom. The van der Waals surface area contributed by atoms with Crippen molar-refractivity contribution in [3.8, 4) is 11.5 Å². The molecule has 1 aromatic rings. The summed E-state index contributed by atoms with van der Waals surface area (Å²) in [5, 5.41) is 10.2. The van der Waals surface area contributed by atoms with Crippen molar-refractivity contribution in [3.63, 3.8) is 0 Å². The Bertz CT molecular complexity index is 460. The molecule has 0 aliphatic carbocycles. The maximum absolute atomic E-state index is 10.2. The summed E-state index contributed by atoms with van der Waals surface area (Å²) in [6.45, 7) is 11.1. The van der Waals surface area contributed by atoms with Gasteiger partial charge in [0.05, 0.1) is 20.3 Å². The van der Waals surface area contributed by atoms with Crippen molar-refractivity contribution in [1.82, 2.24) is 4.90 Å². The number of rotatable bonds is 10. The van der Waals surface area contributed by atoms with Crippen molar-refractivity contribution < 1.29 is 14.6 Å². The molecular weight excluding hydrogens is 290 g/mol. The van der Waals surface area contributed by atoms with Gasteiger partial charge in [-0.2, -0.15) is 0 Å². The minimum Gasteiger partial charge on any atom is -0.493 e. The molecule has 1 N–H and O–H groups in total. The molecule has 0 unspecified atom stereocenters. The summed E-state index contributed by atoms with van der Waals surface area (Å²) >= 11 is 0. The Labute approximate surface area is 141 Å². The SMILES string of the molecule is COc1ccc(CN(CCC(C)C)C[C@H](O)C(C)C)cc1OC. The van der Waals surface area contributed by atoms with Crippen molar-refractivity contribution in [3.05, 3.63) is 23.8 Å². The van der Waals surface area contributed by atoms with Gasteiger partial charge in [-0.25, -0.2) is 0 Å². The van der Waals surface area contributed by atoms with E-state index < -0.39 is 0 Å². The first-order valence-electron chi connectivity index (χ1n) is 8.48. The van der Waals surface area contributed by atoms with E-state index >= 15 is 0 Å². The van der Waals surface area contributed by atoms with Crippen LogP contribution in [0.1, 0.15) is 39.7 Å². The average molecular weight is 323 g/mol. The quantitative estimate of drug-likeness (QED) is 0.715. The number of methoxy groups -OCH3 is 2. The molecule has 0 spiro atoms. The van der Waals surface area contributed by atoms with Crippen LogP contribution in [0.3, 0.4) is 0 Å². The summed E-state index contributed by atoms with van der Waals surface area (Å²) in [6.07, 6.45) is 0.820. The summed E-state index contributed by atoms with van der Waals surface area (Å²) < 4.78 is 10.7. The van der Waals surface area contributed by atoms with Gasteiger partial charge in [-0.1, -0.05) is 33.8 Å². The zero-order chi connectivity index (χ0) is 17.4. The average Bonchev–Trinajstić information content (AvgIpc) is 2.52. The molecule has 0 radical (unpaired) electrons. The lowest BCUT2D eigenvalue weighted by Crippen LogP contribution is -2.35. The van der Waals surface area contributed by atoms with E-state index in [9.17, 15) is 5.11 Å². The Morgan fingerprint density at radius 2 is 1.70 bits per heavy atom. The maximum Gasteiger partial charge on any atom is 0.161 e. The lowest BCUT2D eigenvalue weighted by atomic mass is 10.1. The first-order valence-corrected chi connectivity index (χ1v) is 8.48. The van der Waals surface area contributed by atoms with E-state index in [-0.39, 0.29) is 12.0 Å². The van der Waals surface area contributed by atoms with Crippen LogP contribution in [-0.2, 0) is 6.54 Å². The molecule has 1 rings (SSSR count). The van der Waals surface area contributed by atoms with Gasteiger partial charge >= 0.3 is 0 Å². The van der Waals surface area contributed by atoms with E-state index in [1.165, 1.54) is 5.56 Å². The number of nitrogens with zero attached hydrogens (tertiary/aromatic N) is 1. The maximum atomic E-state index is 10.2. The van der Waals surface area contributed by atoms with Crippen molar-refractivity contribution >= 4 is 0 Å². The lowest BCUT2D eigenvalue weighted by Gasteiger charge is -2.27. The summed E-state index contributed by atoms with van der Waals surface area (Å²) in [5.74, 6) is 2.41. The lowest BCUT2D eigenvalue weighted by molar-refractivity contribution is 0.0711. The van der Waals surface area contributed by atoms with Gasteiger partial charge in [-0.3, -0.25) is 4.90 Å². The second kappa shape index (κ2) is 9.78. The highest BCUT2D eigenvalue weighted by molar-refractivity contribution is 5.42. The fourth-order valence-corrected chi connectivity index (χ4v) is 2.39. The Kier molecular flexibility index (Phi) is 8.42. The molecule has 4 heteroatoms. The monoisotopic (exact) mass is 323 g/mol. The minimum atomic E-state index is -0.303. The van der Waals surface area contributed by atoms with E-state index in [0.717, 1.165) is 31.0 Å². The number of ether oxygens (including phenoxy) is 2. The molecule has 0 aliphatic rings. The van der Waals surface area contributed by atoms with E-state index in [2.05, 4.69) is 38.7 Å². The predicted molar refractivity (Wildman–Crippen MR) is 95.1 cm³/mol. The number of benzene rings is 1. The van der Waals surface area contributed by atoms with E-state index in [4.69, 9.17) is 9.47 Å². The molecular formula is C19H33NO3. The Morgan fingerprint density at radius 3 is 2.22 bits per heavy atom. The zero-order valence-corrected chi connectivity index (χ0v) is 15.5. The highest BCUT2D eigenvalue weighted by atomic mass is 16.5. The van der Waals surface area contributed by atoms with Crippen molar-refractivity contribution in [2.45, 2.75) is 46.8 Å². The highest BCUT2D eigenvalue weighted by Crippen LogP contribution is 2.28. The number of aliphatic hydroxyl groups is 1. The largest absolute Gasteiger partial charge is 0.493 e. The van der Waals surface area contributed by atoms with Crippen molar-refractivity contribution in [2.75, 3.05) is 27.3 Å². The number of hydrogen-bond donors (Lipinski definition) is 1. The van der Waals surface area contributed by atoms with Crippen molar-refractivity contribution in [2.24, 2.45) is 11.8 Å². The van der Waals surface area contributed by atoms with Crippen LogP contribution in [0, 0.1) is 11.8 Å². The normalized spacial score (nSPS) is 13.0. The molecule has 132 valence electrons. The molecule has 0 aromatic heterocycles. The number of hydrogen-bond acceptors (Lipinski definition) is 4. The van der Waals surface area contributed by atoms with Crippen LogP contribution >= 0.6 is 0 Å². The summed E-state index contributed by atoms with van der Waals surface area (Å²) in [7, 11) is 3.30. The van der Waals surface area contributed by atoms with Gasteiger partial charge in [0.2, 0.25) is 0 Å². The van der Waals surface area contributed by atoms with Gasteiger partial charge in [0, 0.05) is 13.1 Å². The molecule has 0 amide bonds. The molecule has 0 fully saturated rings. The molecule has 0 heterocycles. The molecule has 0 aliphatic heterocycles. The standard InChI is InChI=1S/C19H33NO3/c1-14(2)9-10-20(13-17(21)15(3)4)12-16-7-8-18(22-5)19(11-16)23-6/h7-8,11,14-15,17,21H,9-10,12-13H2,1-6H3/t17-/m0/s1. The van der Waals surface area contributed by atoms with Crippen LogP contribution < -0.4 is 9.47 Å². The zero-order valence-electron chi connectivity index (χ0n) is 15.5. The summed E-state index contributed by atoms with van der Waals surface area (Å²) in [5.41, 5.74) is 1.17. The predicted octanol–water partition coefficient (Wildman–Crippen LogP) is 3.57. The van der Waals surface area contributed by atoms with Crippen LogP contribution in [-0.4, -0.2) is 43.4 Å². The van der Waals surface area contributed by atoms with Gasteiger partial charge in [-0.05, 0) is 42.5 Å². The summed E-state index contributed by atoms with van der Waals surface area (Å²) in [4.78, 5) is 2.33. The van der Waals surface area contributed by atoms with E-state index in [1.54, 1.807) is 14.2 Å². The molecule has 0 bridgehead atoms. The third kappa shape index (κ3) is 6.80.